The average molecular weight is 324 g/mol. The lowest BCUT2D eigenvalue weighted by Crippen LogP contribution is -2.14. The maximum atomic E-state index is 5.28. The van der Waals surface area contributed by atoms with E-state index < -0.39 is 0 Å². The number of nitrogens with zero attached hydrogens (tertiary/aromatic N) is 2. The van der Waals surface area contributed by atoms with E-state index in [1.807, 2.05) is 44.4 Å². The maximum absolute atomic E-state index is 5.28. The van der Waals surface area contributed by atoms with Crippen LogP contribution in [-0.4, -0.2) is 29.0 Å². The minimum Gasteiger partial charge on any atom is -0.341 e. The van der Waals surface area contributed by atoms with Crippen molar-refractivity contribution >= 4 is 28.1 Å². The number of aromatic nitrogens is 2. The van der Waals surface area contributed by atoms with E-state index in [1.165, 1.54) is 0 Å². The quantitative estimate of drug-likeness (QED) is 0.875. The molecule has 0 radical (unpaired) electrons. The molecule has 1 aromatic carbocycles. The van der Waals surface area contributed by atoms with Crippen molar-refractivity contribution in [1.82, 2.24) is 14.9 Å². The van der Waals surface area contributed by atoms with Gasteiger partial charge in [0.1, 0.15) is 10.5 Å². The Morgan fingerprint density at radius 2 is 1.94 bits per heavy atom. The first-order valence-corrected chi connectivity index (χ1v) is 6.77. The van der Waals surface area contributed by atoms with Crippen molar-refractivity contribution in [3.8, 4) is 11.3 Å². The lowest BCUT2D eigenvalue weighted by atomic mass is 10.1. The molecule has 2 aromatic rings. The molecule has 1 aromatic heterocycles. The minimum absolute atomic E-state index is 0.587. The lowest BCUT2D eigenvalue weighted by Gasteiger charge is -2.12. The SMILES string of the molecule is CN(C)Cc1nc(=S)c(Br)c(-c2ccccc2)[nH]1. The van der Waals surface area contributed by atoms with Crippen LogP contribution >= 0.6 is 28.1 Å². The van der Waals surface area contributed by atoms with Crippen molar-refractivity contribution in [3.63, 3.8) is 0 Å². The molecule has 0 bridgehead atoms. The first-order valence-electron chi connectivity index (χ1n) is 5.57. The van der Waals surface area contributed by atoms with Crippen molar-refractivity contribution in [2.45, 2.75) is 6.54 Å². The van der Waals surface area contributed by atoms with Crippen LogP contribution in [-0.2, 0) is 6.54 Å². The van der Waals surface area contributed by atoms with Gasteiger partial charge in [0.05, 0.1) is 16.7 Å². The minimum atomic E-state index is 0.587. The Hall–Kier alpha value is -1.04. The molecule has 0 amide bonds. The molecule has 0 aliphatic rings. The van der Waals surface area contributed by atoms with E-state index in [0.717, 1.165) is 28.1 Å². The fourth-order valence-electron chi connectivity index (χ4n) is 1.68. The van der Waals surface area contributed by atoms with Crippen molar-refractivity contribution in [3.05, 3.63) is 45.3 Å². The van der Waals surface area contributed by atoms with Gasteiger partial charge in [-0.05, 0) is 35.6 Å². The number of hydrogen-bond donors (Lipinski definition) is 1. The predicted molar refractivity (Wildman–Crippen MR) is 79.9 cm³/mol. The molecule has 0 atom stereocenters. The van der Waals surface area contributed by atoms with Crippen LogP contribution in [0.1, 0.15) is 5.82 Å². The molecule has 1 heterocycles. The number of H-pyrrole nitrogens is 1. The van der Waals surface area contributed by atoms with Gasteiger partial charge in [0.2, 0.25) is 0 Å². The average Bonchev–Trinajstić information content (AvgIpc) is 2.34. The summed E-state index contributed by atoms with van der Waals surface area (Å²) in [6.45, 7) is 0.733. The van der Waals surface area contributed by atoms with Crippen LogP contribution in [0.3, 0.4) is 0 Å². The Morgan fingerprint density at radius 1 is 1.28 bits per heavy atom. The standard InChI is InChI=1S/C13H14BrN3S/c1-17(2)8-10-15-12(11(14)13(18)16-10)9-6-4-3-5-7-9/h3-7H,8H2,1-2H3,(H,15,16,18). The molecule has 0 saturated carbocycles. The highest BCUT2D eigenvalue weighted by Crippen LogP contribution is 2.26. The first kappa shape index (κ1) is 13.4. The zero-order valence-corrected chi connectivity index (χ0v) is 12.7. The largest absolute Gasteiger partial charge is 0.341 e. The monoisotopic (exact) mass is 323 g/mol. The van der Waals surface area contributed by atoms with Crippen molar-refractivity contribution in [2.75, 3.05) is 14.1 Å². The molecule has 1 N–H and O–H groups in total. The Bertz CT molecular complexity index is 593. The zero-order valence-electron chi connectivity index (χ0n) is 10.3. The molecule has 18 heavy (non-hydrogen) atoms. The highest BCUT2D eigenvalue weighted by Gasteiger charge is 2.08. The van der Waals surface area contributed by atoms with Gasteiger partial charge in [-0.3, -0.25) is 0 Å². The highest BCUT2D eigenvalue weighted by molar-refractivity contribution is 9.10. The summed E-state index contributed by atoms with van der Waals surface area (Å²) in [5, 5.41) is 0. The summed E-state index contributed by atoms with van der Waals surface area (Å²) >= 11 is 8.79. The van der Waals surface area contributed by atoms with Crippen LogP contribution in [0.2, 0.25) is 0 Å². The second-order valence-electron chi connectivity index (χ2n) is 4.28. The normalized spacial score (nSPS) is 10.9. The van der Waals surface area contributed by atoms with Crippen LogP contribution in [0.15, 0.2) is 34.8 Å². The van der Waals surface area contributed by atoms with E-state index in [0.29, 0.717) is 4.64 Å². The van der Waals surface area contributed by atoms with E-state index in [9.17, 15) is 0 Å². The number of halogens is 1. The molecule has 94 valence electrons. The Morgan fingerprint density at radius 3 is 2.56 bits per heavy atom. The first-order chi connectivity index (χ1) is 8.58. The topological polar surface area (TPSA) is 31.9 Å². The molecule has 0 unspecified atom stereocenters. The van der Waals surface area contributed by atoms with E-state index in [1.54, 1.807) is 0 Å². The second kappa shape index (κ2) is 5.73. The number of benzene rings is 1. The van der Waals surface area contributed by atoms with Crippen LogP contribution in [0, 0.1) is 4.64 Å². The fourth-order valence-corrected chi connectivity index (χ4v) is 2.31. The third-order valence-corrected chi connectivity index (χ3v) is 3.77. The number of aromatic amines is 1. The summed E-state index contributed by atoms with van der Waals surface area (Å²) < 4.78 is 1.43. The smallest absolute Gasteiger partial charge is 0.144 e. The van der Waals surface area contributed by atoms with Gasteiger partial charge >= 0.3 is 0 Å². The molecule has 3 nitrogen and oxygen atoms in total. The second-order valence-corrected chi connectivity index (χ2v) is 5.46. The molecular formula is C13H14BrN3S. The number of nitrogens with one attached hydrogen (secondary N) is 1. The fraction of sp³-hybridized carbons (Fsp3) is 0.231. The van der Waals surface area contributed by atoms with Crippen LogP contribution < -0.4 is 0 Å². The summed E-state index contributed by atoms with van der Waals surface area (Å²) in [5.74, 6) is 0.868. The van der Waals surface area contributed by atoms with E-state index in [2.05, 4.69) is 30.8 Å². The van der Waals surface area contributed by atoms with Gasteiger partial charge in [-0.15, -0.1) is 0 Å². The van der Waals surface area contributed by atoms with Gasteiger partial charge in [-0.1, -0.05) is 42.5 Å². The Balaban J connectivity index is 2.53. The summed E-state index contributed by atoms with van der Waals surface area (Å²) in [6.07, 6.45) is 0. The van der Waals surface area contributed by atoms with Crippen molar-refractivity contribution in [1.29, 1.82) is 0 Å². The molecular weight excluding hydrogens is 310 g/mol. The van der Waals surface area contributed by atoms with Gasteiger partial charge in [-0.25, -0.2) is 4.98 Å². The summed E-state index contributed by atoms with van der Waals surface area (Å²) in [7, 11) is 4.01. The molecule has 5 heteroatoms. The van der Waals surface area contributed by atoms with Gasteiger partial charge in [0.25, 0.3) is 0 Å². The maximum Gasteiger partial charge on any atom is 0.144 e. The van der Waals surface area contributed by atoms with E-state index in [4.69, 9.17) is 12.2 Å². The third kappa shape index (κ3) is 3.04. The predicted octanol–water partition coefficient (Wildman–Crippen LogP) is 3.63. The number of hydrogen-bond acceptors (Lipinski definition) is 3. The van der Waals surface area contributed by atoms with Crippen LogP contribution in [0.5, 0.6) is 0 Å². The van der Waals surface area contributed by atoms with E-state index in [-0.39, 0.29) is 0 Å². The lowest BCUT2D eigenvalue weighted by molar-refractivity contribution is 0.390. The molecule has 0 spiro atoms. The van der Waals surface area contributed by atoms with Crippen molar-refractivity contribution < 1.29 is 0 Å². The van der Waals surface area contributed by atoms with Gasteiger partial charge in [0.15, 0.2) is 0 Å². The van der Waals surface area contributed by atoms with Crippen molar-refractivity contribution in [2.24, 2.45) is 0 Å². The Labute approximate surface area is 120 Å². The molecule has 2 rings (SSSR count). The Kier molecular flexibility index (Phi) is 4.27. The number of rotatable bonds is 3. The van der Waals surface area contributed by atoms with E-state index >= 15 is 0 Å². The summed E-state index contributed by atoms with van der Waals surface area (Å²) in [5.41, 5.74) is 2.07. The van der Waals surface area contributed by atoms with Crippen LogP contribution in [0.4, 0.5) is 0 Å². The third-order valence-electron chi connectivity index (χ3n) is 2.44. The van der Waals surface area contributed by atoms with Gasteiger partial charge < -0.3 is 9.88 Å². The van der Waals surface area contributed by atoms with Crippen LogP contribution in [0.25, 0.3) is 11.3 Å². The highest BCUT2D eigenvalue weighted by atomic mass is 79.9. The summed E-state index contributed by atoms with van der Waals surface area (Å²) in [6, 6.07) is 10.1. The molecule has 0 aliphatic carbocycles. The van der Waals surface area contributed by atoms with Gasteiger partial charge in [0, 0.05) is 0 Å². The molecule has 0 saturated heterocycles. The zero-order chi connectivity index (χ0) is 13.1. The molecule has 0 aliphatic heterocycles. The van der Waals surface area contributed by atoms with Gasteiger partial charge in [-0.2, -0.15) is 0 Å². The molecule has 0 fully saturated rings. The summed E-state index contributed by atoms with van der Waals surface area (Å²) in [4.78, 5) is 9.76.